The van der Waals surface area contributed by atoms with Crippen LogP contribution in [0.15, 0.2) is 18.2 Å². The minimum atomic E-state index is -0.336. The van der Waals surface area contributed by atoms with E-state index in [4.69, 9.17) is 0 Å². The zero-order valence-corrected chi connectivity index (χ0v) is 17.0. The number of carbonyl (C=O) groups is 1. The molecular formula is C20H22FN5OS. The summed E-state index contributed by atoms with van der Waals surface area (Å²) in [6.07, 6.45) is 1.76. The second kappa shape index (κ2) is 7.43. The highest BCUT2D eigenvalue weighted by molar-refractivity contribution is 7.11. The van der Waals surface area contributed by atoms with E-state index in [2.05, 4.69) is 22.0 Å². The van der Waals surface area contributed by atoms with Crippen molar-refractivity contribution in [2.45, 2.75) is 53.2 Å². The fourth-order valence-corrected chi connectivity index (χ4v) is 4.40. The molecule has 1 amide bonds. The third-order valence-corrected chi connectivity index (χ3v) is 5.85. The molecule has 6 nitrogen and oxygen atoms in total. The van der Waals surface area contributed by atoms with Gasteiger partial charge in [-0.15, -0.1) is 11.3 Å². The van der Waals surface area contributed by atoms with Gasteiger partial charge < -0.3 is 4.90 Å². The molecule has 4 heterocycles. The average molecular weight is 399 g/mol. The summed E-state index contributed by atoms with van der Waals surface area (Å²) in [6.45, 7) is 7.08. The lowest BCUT2D eigenvalue weighted by atomic mass is 10.2. The maximum atomic E-state index is 13.5. The third-order valence-electron chi connectivity index (χ3n) is 4.85. The zero-order chi connectivity index (χ0) is 19.8. The summed E-state index contributed by atoms with van der Waals surface area (Å²) in [5.41, 5.74) is 3.61. The highest BCUT2D eigenvalue weighted by Crippen LogP contribution is 2.28. The first-order valence-corrected chi connectivity index (χ1v) is 10.2. The molecule has 0 saturated heterocycles. The molecule has 0 N–H and O–H groups in total. The van der Waals surface area contributed by atoms with Gasteiger partial charge in [-0.1, -0.05) is 13.3 Å². The van der Waals surface area contributed by atoms with Crippen molar-refractivity contribution in [2.75, 3.05) is 0 Å². The lowest BCUT2D eigenvalue weighted by Crippen LogP contribution is -2.30. The summed E-state index contributed by atoms with van der Waals surface area (Å²) in [5.74, 6) is -0.310. The van der Waals surface area contributed by atoms with Gasteiger partial charge in [-0.3, -0.25) is 9.48 Å². The zero-order valence-electron chi connectivity index (χ0n) is 16.2. The molecule has 1 aliphatic heterocycles. The van der Waals surface area contributed by atoms with Crippen molar-refractivity contribution in [2.24, 2.45) is 0 Å². The van der Waals surface area contributed by atoms with E-state index in [1.807, 2.05) is 17.9 Å². The summed E-state index contributed by atoms with van der Waals surface area (Å²) in [7, 11) is 0. The lowest BCUT2D eigenvalue weighted by molar-refractivity contribution is -0.132. The molecule has 0 bridgehead atoms. The van der Waals surface area contributed by atoms with Crippen molar-refractivity contribution >= 4 is 17.2 Å². The molecule has 146 valence electrons. The number of hydrogen-bond acceptors (Lipinski definition) is 5. The van der Waals surface area contributed by atoms with E-state index >= 15 is 0 Å². The summed E-state index contributed by atoms with van der Waals surface area (Å²) in [6, 6.07) is 4.97. The van der Waals surface area contributed by atoms with Crippen LogP contribution in [0.3, 0.4) is 0 Å². The summed E-state index contributed by atoms with van der Waals surface area (Å²) >= 11 is 1.65. The molecule has 0 fully saturated rings. The van der Waals surface area contributed by atoms with Gasteiger partial charge in [0.05, 0.1) is 35.2 Å². The predicted octanol–water partition coefficient (Wildman–Crippen LogP) is 3.65. The Morgan fingerprint density at radius 1 is 1.21 bits per heavy atom. The Bertz CT molecular complexity index is 1020. The Morgan fingerprint density at radius 2 is 2.04 bits per heavy atom. The molecule has 0 atom stereocenters. The van der Waals surface area contributed by atoms with Crippen molar-refractivity contribution < 1.29 is 9.18 Å². The Labute approximate surface area is 167 Å². The number of pyridine rings is 1. The molecular weight excluding hydrogens is 377 g/mol. The van der Waals surface area contributed by atoms with Crippen LogP contribution in [0.4, 0.5) is 4.39 Å². The molecule has 0 aliphatic carbocycles. The van der Waals surface area contributed by atoms with Crippen LogP contribution >= 0.6 is 11.3 Å². The average Bonchev–Trinajstić information content (AvgIpc) is 3.31. The van der Waals surface area contributed by atoms with Gasteiger partial charge in [-0.05, 0) is 38.5 Å². The van der Waals surface area contributed by atoms with Crippen molar-refractivity contribution in [1.29, 1.82) is 0 Å². The maximum absolute atomic E-state index is 13.5. The van der Waals surface area contributed by atoms with Crippen LogP contribution in [0.1, 0.15) is 40.3 Å². The monoisotopic (exact) mass is 399 g/mol. The fourth-order valence-electron chi connectivity index (χ4n) is 3.44. The first-order chi connectivity index (χ1) is 13.4. The number of hydrogen-bond donors (Lipinski definition) is 0. The van der Waals surface area contributed by atoms with Crippen LogP contribution in [0.25, 0.3) is 11.4 Å². The van der Waals surface area contributed by atoms with Gasteiger partial charge in [0.1, 0.15) is 18.1 Å². The Balaban J connectivity index is 1.55. The molecule has 0 spiro atoms. The van der Waals surface area contributed by atoms with Crippen LogP contribution in [0.2, 0.25) is 0 Å². The lowest BCUT2D eigenvalue weighted by Gasteiger charge is -2.16. The van der Waals surface area contributed by atoms with Crippen LogP contribution in [0, 0.1) is 19.7 Å². The summed E-state index contributed by atoms with van der Waals surface area (Å²) in [4.78, 5) is 24.6. The van der Waals surface area contributed by atoms with Crippen molar-refractivity contribution in [1.82, 2.24) is 24.6 Å². The van der Waals surface area contributed by atoms with Crippen LogP contribution in [-0.4, -0.2) is 30.6 Å². The maximum Gasteiger partial charge on any atom is 0.244 e. The molecule has 0 unspecified atom stereocenters. The number of rotatable bonds is 5. The van der Waals surface area contributed by atoms with Gasteiger partial charge in [-0.2, -0.15) is 5.10 Å². The molecule has 0 aromatic carbocycles. The molecule has 1 aliphatic rings. The van der Waals surface area contributed by atoms with E-state index in [0.29, 0.717) is 30.2 Å². The first kappa shape index (κ1) is 18.7. The smallest absolute Gasteiger partial charge is 0.244 e. The molecule has 8 heteroatoms. The van der Waals surface area contributed by atoms with Crippen molar-refractivity contribution in [3.05, 3.63) is 51.0 Å². The summed E-state index contributed by atoms with van der Waals surface area (Å²) < 4.78 is 15.3. The van der Waals surface area contributed by atoms with E-state index in [9.17, 15) is 9.18 Å². The van der Waals surface area contributed by atoms with Crippen LogP contribution in [0.5, 0.6) is 0 Å². The van der Waals surface area contributed by atoms with E-state index in [-0.39, 0.29) is 18.3 Å². The normalized spacial score (nSPS) is 13.2. The topological polar surface area (TPSA) is 63.9 Å². The first-order valence-electron chi connectivity index (χ1n) is 9.37. The number of aromatic nitrogens is 4. The van der Waals surface area contributed by atoms with E-state index in [1.165, 1.54) is 10.9 Å². The number of fused-ring (bicyclic) bond motifs is 1. The number of aryl methyl sites for hydroxylation is 3. The van der Waals surface area contributed by atoms with Gasteiger partial charge >= 0.3 is 0 Å². The number of halogens is 1. The SMILES string of the molecule is CCCc1cc(-c2ccc(F)c(C)n2)nn1CC(=O)N1Cc2nc(C)sc2C1. The molecule has 0 saturated carbocycles. The number of carbonyl (C=O) groups excluding carboxylic acids is 1. The third kappa shape index (κ3) is 3.56. The minimum Gasteiger partial charge on any atom is -0.330 e. The van der Waals surface area contributed by atoms with Gasteiger partial charge in [0, 0.05) is 10.6 Å². The predicted molar refractivity (Wildman–Crippen MR) is 105 cm³/mol. The molecule has 3 aromatic heterocycles. The molecule has 0 radical (unpaired) electrons. The van der Waals surface area contributed by atoms with Crippen LogP contribution < -0.4 is 0 Å². The molecule has 3 aromatic rings. The van der Waals surface area contributed by atoms with Gasteiger partial charge in [0.2, 0.25) is 5.91 Å². The Kier molecular flexibility index (Phi) is 4.97. The minimum absolute atomic E-state index is 0.0260. The molecule has 4 rings (SSSR count). The number of nitrogens with zero attached hydrogens (tertiary/aromatic N) is 5. The van der Waals surface area contributed by atoms with Crippen LogP contribution in [-0.2, 0) is 30.8 Å². The standard InChI is InChI=1S/C20H22FN5OS/c1-4-5-14-8-17(16-7-6-15(21)12(2)22-16)24-26(14)11-20(27)25-9-18-19(10-25)28-13(3)23-18/h6-8H,4-5,9-11H2,1-3H3. The van der Waals surface area contributed by atoms with E-state index in [1.54, 1.807) is 29.0 Å². The quantitative estimate of drug-likeness (QED) is 0.657. The van der Waals surface area contributed by atoms with Gasteiger partial charge in [-0.25, -0.2) is 14.4 Å². The van der Waals surface area contributed by atoms with Crippen molar-refractivity contribution in [3.8, 4) is 11.4 Å². The number of thiazole rings is 1. The van der Waals surface area contributed by atoms with E-state index in [0.717, 1.165) is 29.2 Å². The molecule has 28 heavy (non-hydrogen) atoms. The summed E-state index contributed by atoms with van der Waals surface area (Å²) in [5, 5.41) is 5.65. The highest BCUT2D eigenvalue weighted by Gasteiger charge is 2.27. The van der Waals surface area contributed by atoms with Gasteiger partial charge in [0.25, 0.3) is 0 Å². The second-order valence-corrected chi connectivity index (χ2v) is 8.33. The Hall–Kier alpha value is -2.61. The Morgan fingerprint density at radius 3 is 2.75 bits per heavy atom. The van der Waals surface area contributed by atoms with Gasteiger partial charge in [0.15, 0.2) is 0 Å². The van der Waals surface area contributed by atoms with Crippen molar-refractivity contribution in [3.63, 3.8) is 0 Å². The largest absolute Gasteiger partial charge is 0.330 e. The number of amides is 1. The second-order valence-electron chi connectivity index (χ2n) is 7.04. The van der Waals surface area contributed by atoms with E-state index < -0.39 is 0 Å². The fraction of sp³-hybridized carbons (Fsp3) is 0.400. The highest BCUT2D eigenvalue weighted by atomic mass is 32.1.